The van der Waals surface area contributed by atoms with Crippen molar-refractivity contribution in [2.75, 3.05) is 41.0 Å². The van der Waals surface area contributed by atoms with Crippen LogP contribution in [-0.4, -0.2) is 57.7 Å². The number of nitrogens with zero attached hydrogens (tertiary/aromatic N) is 1. The molecule has 2 atom stereocenters. The molecule has 0 spiro atoms. The lowest BCUT2D eigenvalue weighted by atomic mass is 9.88. The maximum absolute atomic E-state index is 13.1. The molecule has 0 aromatic heterocycles. The highest BCUT2D eigenvalue weighted by atomic mass is 16.5. The zero-order valence-electron chi connectivity index (χ0n) is 19.2. The maximum atomic E-state index is 13.1. The number of hydrogen-bond acceptors (Lipinski definition) is 5. The molecule has 2 aliphatic rings. The molecular formula is C24H36N2O5. The van der Waals surface area contributed by atoms with Gasteiger partial charge in [-0.05, 0) is 37.0 Å². The van der Waals surface area contributed by atoms with Crippen LogP contribution in [0.15, 0.2) is 12.1 Å². The van der Waals surface area contributed by atoms with Crippen LogP contribution in [0.2, 0.25) is 0 Å². The van der Waals surface area contributed by atoms with E-state index in [0.29, 0.717) is 36.9 Å². The predicted octanol–water partition coefficient (Wildman–Crippen LogP) is 3.36. The zero-order chi connectivity index (χ0) is 22.4. The minimum absolute atomic E-state index is 0.00826. The summed E-state index contributed by atoms with van der Waals surface area (Å²) in [7, 11) is 4.74. The van der Waals surface area contributed by atoms with Gasteiger partial charge < -0.3 is 24.4 Å². The number of unbranched alkanes of at least 4 members (excludes halogenated alkanes) is 1. The predicted molar refractivity (Wildman–Crippen MR) is 119 cm³/mol. The van der Waals surface area contributed by atoms with Crippen LogP contribution in [0.4, 0.5) is 0 Å². The number of amides is 2. The lowest BCUT2D eigenvalue weighted by Crippen LogP contribution is -2.37. The Kier molecular flexibility index (Phi) is 8.04. The van der Waals surface area contributed by atoms with Crippen LogP contribution >= 0.6 is 0 Å². The molecule has 1 aliphatic heterocycles. The highest BCUT2D eigenvalue weighted by molar-refractivity contribution is 5.84. The Morgan fingerprint density at radius 2 is 1.68 bits per heavy atom. The molecule has 1 aliphatic carbocycles. The van der Waals surface area contributed by atoms with E-state index in [4.69, 9.17) is 14.2 Å². The first kappa shape index (κ1) is 23.2. The van der Waals surface area contributed by atoms with Crippen LogP contribution in [0, 0.1) is 11.8 Å². The Morgan fingerprint density at radius 3 is 2.23 bits per heavy atom. The van der Waals surface area contributed by atoms with E-state index in [1.807, 2.05) is 17.0 Å². The summed E-state index contributed by atoms with van der Waals surface area (Å²) in [6, 6.07) is 3.81. The third-order valence-electron chi connectivity index (χ3n) is 6.62. The van der Waals surface area contributed by atoms with Gasteiger partial charge >= 0.3 is 0 Å². The second-order valence-corrected chi connectivity index (χ2v) is 8.54. The molecule has 0 unspecified atom stereocenters. The summed E-state index contributed by atoms with van der Waals surface area (Å²) in [5.74, 6) is 1.51. The second kappa shape index (κ2) is 10.7. The first-order chi connectivity index (χ1) is 15.0. The third-order valence-corrected chi connectivity index (χ3v) is 6.62. The molecular weight excluding hydrogens is 396 g/mol. The Balaban J connectivity index is 1.90. The fourth-order valence-electron chi connectivity index (χ4n) is 4.85. The van der Waals surface area contributed by atoms with Gasteiger partial charge in [-0.25, -0.2) is 0 Å². The van der Waals surface area contributed by atoms with Crippen molar-refractivity contribution in [2.45, 2.75) is 51.4 Å². The first-order valence-corrected chi connectivity index (χ1v) is 11.4. The fraction of sp³-hybridized carbons (Fsp3) is 0.667. The number of carbonyl (C=O) groups is 2. The highest BCUT2D eigenvalue weighted by Crippen LogP contribution is 2.43. The normalized spacial score (nSPS) is 21.2. The second-order valence-electron chi connectivity index (χ2n) is 8.54. The van der Waals surface area contributed by atoms with Crippen molar-refractivity contribution in [3.8, 4) is 17.2 Å². The van der Waals surface area contributed by atoms with E-state index in [9.17, 15) is 9.59 Å². The summed E-state index contributed by atoms with van der Waals surface area (Å²) < 4.78 is 16.5. The van der Waals surface area contributed by atoms with E-state index < -0.39 is 0 Å². The summed E-state index contributed by atoms with van der Waals surface area (Å²) in [6.07, 6.45) is 6.10. The number of rotatable bonds is 9. The standard InChI is InChI=1S/C24H36N2O5/c1-5-6-11-25-23(27)19-15-26(24(28)16-9-7-8-10-16)14-18(19)17-12-20(29-2)22(31-4)21(13-17)30-3/h12-13,16,18-19H,5-11,14-15H2,1-4H3,(H,25,27)/t18-,19-/m1/s1. The average molecular weight is 433 g/mol. The van der Waals surface area contributed by atoms with Gasteiger partial charge in [-0.3, -0.25) is 9.59 Å². The zero-order valence-corrected chi connectivity index (χ0v) is 19.2. The monoisotopic (exact) mass is 432 g/mol. The lowest BCUT2D eigenvalue weighted by Gasteiger charge is -2.21. The third kappa shape index (κ3) is 5.08. The van der Waals surface area contributed by atoms with Gasteiger partial charge in [0.15, 0.2) is 11.5 Å². The van der Waals surface area contributed by atoms with Gasteiger partial charge in [0, 0.05) is 31.5 Å². The minimum Gasteiger partial charge on any atom is -0.493 e. The number of methoxy groups -OCH3 is 3. The Bertz CT molecular complexity index is 750. The maximum Gasteiger partial charge on any atom is 0.225 e. The molecule has 0 radical (unpaired) electrons. The molecule has 1 N–H and O–H groups in total. The van der Waals surface area contributed by atoms with E-state index >= 15 is 0 Å². The van der Waals surface area contributed by atoms with Crippen LogP contribution in [0.25, 0.3) is 0 Å². The molecule has 3 rings (SSSR count). The van der Waals surface area contributed by atoms with Crippen molar-refractivity contribution in [2.24, 2.45) is 11.8 Å². The Hall–Kier alpha value is -2.44. The molecule has 2 fully saturated rings. The van der Waals surface area contributed by atoms with Crippen LogP contribution < -0.4 is 19.5 Å². The van der Waals surface area contributed by atoms with E-state index in [0.717, 1.165) is 44.1 Å². The van der Waals surface area contributed by atoms with E-state index in [-0.39, 0.29) is 29.6 Å². The Morgan fingerprint density at radius 1 is 1.03 bits per heavy atom. The van der Waals surface area contributed by atoms with Crippen LogP contribution in [0.5, 0.6) is 17.2 Å². The molecule has 1 aromatic rings. The molecule has 7 heteroatoms. The molecule has 0 bridgehead atoms. The minimum atomic E-state index is -0.301. The van der Waals surface area contributed by atoms with Crippen LogP contribution in [0.1, 0.15) is 56.9 Å². The van der Waals surface area contributed by atoms with Crippen LogP contribution in [0.3, 0.4) is 0 Å². The van der Waals surface area contributed by atoms with E-state index in [1.165, 1.54) is 0 Å². The summed E-state index contributed by atoms with van der Waals surface area (Å²) >= 11 is 0. The number of likely N-dealkylation sites (tertiary alicyclic amines) is 1. The molecule has 31 heavy (non-hydrogen) atoms. The molecule has 2 amide bonds. The van der Waals surface area contributed by atoms with Gasteiger partial charge in [0.25, 0.3) is 0 Å². The number of benzene rings is 1. The van der Waals surface area contributed by atoms with Gasteiger partial charge in [-0.15, -0.1) is 0 Å². The summed E-state index contributed by atoms with van der Waals surface area (Å²) in [6.45, 7) is 3.74. The van der Waals surface area contributed by atoms with Gasteiger partial charge in [-0.1, -0.05) is 26.2 Å². The van der Waals surface area contributed by atoms with E-state index in [1.54, 1.807) is 21.3 Å². The fourth-order valence-corrected chi connectivity index (χ4v) is 4.85. The van der Waals surface area contributed by atoms with Crippen molar-refractivity contribution in [1.29, 1.82) is 0 Å². The van der Waals surface area contributed by atoms with Gasteiger partial charge in [0.1, 0.15) is 0 Å². The van der Waals surface area contributed by atoms with Crippen molar-refractivity contribution >= 4 is 11.8 Å². The number of nitrogens with one attached hydrogen (secondary N) is 1. The van der Waals surface area contributed by atoms with Gasteiger partial charge in [-0.2, -0.15) is 0 Å². The quantitative estimate of drug-likeness (QED) is 0.606. The molecule has 1 saturated heterocycles. The average Bonchev–Trinajstić information content (AvgIpc) is 3.48. The molecule has 1 saturated carbocycles. The Labute approximate surface area is 185 Å². The number of ether oxygens (including phenoxy) is 3. The first-order valence-electron chi connectivity index (χ1n) is 11.4. The largest absolute Gasteiger partial charge is 0.493 e. The van der Waals surface area contributed by atoms with Crippen LogP contribution in [-0.2, 0) is 9.59 Å². The van der Waals surface area contributed by atoms with Crippen molar-refractivity contribution < 1.29 is 23.8 Å². The van der Waals surface area contributed by atoms with Gasteiger partial charge in [0.05, 0.1) is 27.2 Å². The summed E-state index contributed by atoms with van der Waals surface area (Å²) in [4.78, 5) is 28.1. The molecule has 1 aromatic carbocycles. The molecule has 7 nitrogen and oxygen atoms in total. The smallest absolute Gasteiger partial charge is 0.225 e. The van der Waals surface area contributed by atoms with E-state index in [2.05, 4.69) is 12.2 Å². The number of carbonyl (C=O) groups excluding carboxylic acids is 2. The van der Waals surface area contributed by atoms with Crippen molar-refractivity contribution in [3.05, 3.63) is 17.7 Å². The summed E-state index contributed by atoms with van der Waals surface area (Å²) in [5, 5.41) is 3.07. The topological polar surface area (TPSA) is 77.1 Å². The molecule has 172 valence electrons. The SMILES string of the molecule is CCCCNC(=O)[C@@H]1CN(C(=O)C2CCCC2)C[C@@H]1c1cc(OC)c(OC)c(OC)c1. The number of hydrogen-bond donors (Lipinski definition) is 1. The van der Waals surface area contributed by atoms with Crippen molar-refractivity contribution in [3.63, 3.8) is 0 Å². The lowest BCUT2D eigenvalue weighted by molar-refractivity contribution is -0.134. The van der Waals surface area contributed by atoms with Gasteiger partial charge in [0.2, 0.25) is 17.6 Å². The summed E-state index contributed by atoms with van der Waals surface area (Å²) in [5.41, 5.74) is 0.923. The highest BCUT2D eigenvalue weighted by Gasteiger charge is 2.42. The van der Waals surface area contributed by atoms with Crippen molar-refractivity contribution in [1.82, 2.24) is 10.2 Å². The molecule has 1 heterocycles.